The maximum absolute atomic E-state index is 8.96. The summed E-state index contributed by atoms with van der Waals surface area (Å²) in [6.07, 6.45) is 0. The van der Waals surface area contributed by atoms with Gasteiger partial charge in [0.25, 0.3) is 0 Å². The van der Waals surface area contributed by atoms with E-state index in [1.807, 2.05) is 25.1 Å². The second-order valence-electron chi connectivity index (χ2n) is 3.24. The lowest BCUT2D eigenvalue weighted by molar-refractivity contribution is 0.302. The molecule has 1 aromatic carbocycles. The number of hydrogen-bond acceptors (Lipinski definition) is 3. The Balaban J connectivity index is 3.04. The Labute approximate surface area is 95.5 Å². The zero-order valence-corrected chi connectivity index (χ0v) is 9.67. The normalized spacial score (nSPS) is 10.4. The predicted octanol–water partition coefficient (Wildman–Crippen LogP) is 1.62. The summed E-state index contributed by atoms with van der Waals surface area (Å²) in [6, 6.07) is 5.71. The first-order valence-electron chi connectivity index (χ1n) is 5.07. The standard InChI is InChI=1S/C11H17ClN2O/c1-2-14(6-7-15)11-5-3-4-10(12)9(11)8-13/h3-5,15H,2,6-8,13H2,1H3. The molecule has 4 heteroatoms. The van der Waals surface area contributed by atoms with Crippen molar-refractivity contribution >= 4 is 17.3 Å². The van der Waals surface area contributed by atoms with E-state index >= 15 is 0 Å². The molecule has 0 aliphatic carbocycles. The second-order valence-corrected chi connectivity index (χ2v) is 3.65. The van der Waals surface area contributed by atoms with Gasteiger partial charge in [0.15, 0.2) is 0 Å². The maximum atomic E-state index is 8.96. The van der Waals surface area contributed by atoms with E-state index in [4.69, 9.17) is 22.4 Å². The van der Waals surface area contributed by atoms with Crippen LogP contribution in [0.2, 0.25) is 5.02 Å². The van der Waals surface area contributed by atoms with Crippen LogP contribution in [0.15, 0.2) is 18.2 Å². The number of aliphatic hydroxyl groups excluding tert-OH is 1. The quantitative estimate of drug-likeness (QED) is 0.805. The van der Waals surface area contributed by atoms with E-state index in [2.05, 4.69) is 4.90 Å². The van der Waals surface area contributed by atoms with Gasteiger partial charge in [0.2, 0.25) is 0 Å². The highest BCUT2D eigenvalue weighted by atomic mass is 35.5. The van der Waals surface area contributed by atoms with Gasteiger partial charge >= 0.3 is 0 Å². The summed E-state index contributed by atoms with van der Waals surface area (Å²) in [5, 5.41) is 9.64. The van der Waals surface area contributed by atoms with E-state index in [9.17, 15) is 0 Å². The highest BCUT2D eigenvalue weighted by Gasteiger charge is 2.10. The molecule has 0 bridgehead atoms. The molecule has 1 aromatic rings. The lowest BCUT2D eigenvalue weighted by Crippen LogP contribution is -2.27. The third-order valence-corrected chi connectivity index (χ3v) is 2.74. The molecule has 3 nitrogen and oxygen atoms in total. The summed E-state index contributed by atoms with van der Waals surface area (Å²) < 4.78 is 0. The minimum absolute atomic E-state index is 0.129. The van der Waals surface area contributed by atoms with E-state index in [-0.39, 0.29) is 6.61 Å². The van der Waals surface area contributed by atoms with Crippen LogP contribution in [0.5, 0.6) is 0 Å². The van der Waals surface area contributed by atoms with Crippen LogP contribution in [0.3, 0.4) is 0 Å². The van der Waals surface area contributed by atoms with Gasteiger partial charge in [0.05, 0.1) is 6.61 Å². The molecule has 15 heavy (non-hydrogen) atoms. The van der Waals surface area contributed by atoms with Crippen LogP contribution in [-0.4, -0.2) is 24.8 Å². The number of nitrogens with two attached hydrogens (primary N) is 1. The van der Waals surface area contributed by atoms with Crippen molar-refractivity contribution in [3.63, 3.8) is 0 Å². The van der Waals surface area contributed by atoms with Crippen LogP contribution in [0.25, 0.3) is 0 Å². The lowest BCUT2D eigenvalue weighted by Gasteiger charge is -2.25. The van der Waals surface area contributed by atoms with Gasteiger partial charge < -0.3 is 15.7 Å². The van der Waals surface area contributed by atoms with Gasteiger partial charge in [-0.1, -0.05) is 17.7 Å². The van der Waals surface area contributed by atoms with Crippen molar-refractivity contribution in [3.05, 3.63) is 28.8 Å². The molecular weight excluding hydrogens is 212 g/mol. The van der Waals surface area contributed by atoms with Gasteiger partial charge in [0, 0.05) is 35.9 Å². The molecule has 0 amide bonds. The lowest BCUT2D eigenvalue weighted by atomic mass is 10.1. The maximum Gasteiger partial charge on any atom is 0.0606 e. The van der Waals surface area contributed by atoms with E-state index < -0.39 is 0 Å². The minimum atomic E-state index is 0.129. The second kappa shape index (κ2) is 5.95. The van der Waals surface area contributed by atoms with Crippen LogP contribution in [0.1, 0.15) is 12.5 Å². The van der Waals surface area contributed by atoms with Crippen molar-refractivity contribution in [2.45, 2.75) is 13.5 Å². The molecule has 0 heterocycles. The summed E-state index contributed by atoms with van der Waals surface area (Å²) in [5.41, 5.74) is 7.62. The van der Waals surface area contributed by atoms with Gasteiger partial charge in [-0.05, 0) is 19.1 Å². The van der Waals surface area contributed by atoms with Crippen LogP contribution in [0, 0.1) is 0 Å². The third-order valence-electron chi connectivity index (χ3n) is 2.39. The summed E-state index contributed by atoms with van der Waals surface area (Å²) in [5.74, 6) is 0. The summed E-state index contributed by atoms with van der Waals surface area (Å²) in [7, 11) is 0. The Morgan fingerprint density at radius 2 is 2.20 bits per heavy atom. The first-order valence-corrected chi connectivity index (χ1v) is 5.45. The molecule has 0 aromatic heterocycles. The molecule has 0 fully saturated rings. The molecule has 0 spiro atoms. The predicted molar refractivity (Wildman–Crippen MR) is 64.3 cm³/mol. The van der Waals surface area contributed by atoms with E-state index in [0.717, 1.165) is 17.8 Å². The number of halogens is 1. The van der Waals surface area contributed by atoms with Crippen LogP contribution in [0.4, 0.5) is 5.69 Å². The number of anilines is 1. The Bertz CT molecular complexity index is 317. The third kappa shape index (κ3) is 2.84. The number of rotatable bonds is 5. The SMILES string of the molecule is CCN(CCO)c1cccc(Cl)c1CN. The average molecular weight is 229 g/mol. The topological polar surface area (TPSA) is 49.5 Å². The van der Waals surface area contributed by atoms with Crippen molar-refractivity contribution < 1.29 is 5.11 Å². The Kier molecular flexibility index (Phi) is 4.88. The largest absolute Gasteiger partial charge is 0.395 e. The van der Waals surface area contributed by atoms with E-state index in [1.54, 1.807) is 0 Å². The van der Waals surface area contributed by atoms with Gasteiger partial charge in [-0.2, -0.15) is 0 Å². The number of hydrogen-bond donors (Lipinski definition) is 2. The van der Waals surface area contributed by atoms with Gasteiger partial charge in [-0.15, -0.1) is 0 Å². The summed E-state index contributed by atoms with van der Waals surface area (Å²) >= 11 is 6.06. The smallest absolute Gasteiger partial charge is 0.0606 e. The van der Waals surface area contributed by atoms with Crippen LogP contribution in [-0.2, 0) is 6.54 Å². The molecular formula is C11H17ClN2O. The highest BCUT2D eigenvalue weighted by Crippen LogP contribution is 2.26. The molecule has 0 aliphatic heterocycles. The van der Waals surface area contributed by atoms with Crippen molar-refractivity contribution in [3.8, 4) is 0 Å². The zero-order chi connectivity index (χ0) is 11.3. The van der Waals surface area contributed by atoms with Crippen molar-refractivity contribution in [2.24, 2.45) is 5.73 Å². The number of nitrogens with zero attached hydrogens (tertiary/aromatic N) is 1. The molecule has 0 unspecified atom stereocenters. The molecule has 0 atom stereocenters. The van der Waals surface area contributed by atoms with Gasteiger partial charge in [0.1, 0.15) is 0 Å². The number of aliphatic hydroxyl groups is 1. The minimum Gasteiger partial charge on any atom is -0.395 e. The van der Waals surface area contributed by atoms with E-state index in [0.29, 0.717) is 18.1 Å². The zero-order valence-electron chi connectivity index (χ0n) is 8.91. The highest BCUT2D eigenvalue weighted by molar-refractivity contribution is 6.31. The fourth-order valence-electron chi connectivity index (χ4n) is 1.62. The fourth-order valence-corrected chi connectivity index (χ4v) is 1.86. The Hall–Kier alpha value is -0.770. The molecule has 0 aliphatic rings. The molecule has 3 N–H and O–H groups in total. The first-order chi connectivity index (χ1) is 7.24. The van der Waals surface area contributed by atoms with Crippen LogP contribution >= 0.6 is 11.6 Å². The summed E-state index contributed by atoms with van der Waals surface area (Å²) in [6.45, 7) is 4.01. The Morgan fingerprint density at radius 3 is 2.73 bits per heavy atom. The molecule has 84 valence electrons. The van der Waals surface area contributed by atoms with Gasteiger partial charge in [-0.25, -0.2) is 0 Å². The molecule has 0 saturated carbocycles. The average Bonchev–Trinajstić information content (AvgIpc) is 2.25. The monoisotopic (exact) mass is 228 g/mol. The first kappa shape index (κ1) is 12.3. The molecule has 0 radical (unpaired) electrons. The fraction of sp³-hybridized carbons (Fsp3) is 0.455. The number of benzene rings is 1. The molecule has 1 rings (SSSR count). The van der Waals surface area contributed by atoms with Crippen molar-refractivity contribution in [1.82, 2.24) is 0 Å². The Morgan fingerprint density at radius 1 is 1.47 bits per heavy atom. The van der Waals surface area contributed by atoms with Crippen LogP contribution < -0.4 is 10.6 Å². The molecule has 0 saturated heterocycles. The van der Waals surface area contributed by atoms with Gasteiger partial charge in [-0.3, -0.25) is 0 Å². The van der Waals surface area contributed by atoms with Crippen molar-refractivity contribution in [1.29, 1.82) is 0 Å². The summed E-state index contributed by atoms with van der Waals surface area (Å²) in [4.78, 5) is 2.06. The number of likely N-dealkylation sites (N-methyl/N-ethyl adjacent to an activating group) is 1. The van der Waals surface area contributed by atoms with Crippen molar-refractivity contribution in [2.75, 3.05) is 24.6 Å². The van der Waals surface area contributed by atoms with E-state index in [1.165, 1.54) is 0 Å².